The highest BCUT2D eigenvalue weighted by atomic mass is 16.1. The maximum Gasteiger partial charge on any atom is 0.270 e. The molecule has 3 aromatic heterocycles. The Balaban J connectivity index is 1.82. The van der Waals surface area contributed by atoms with Gasteiger partial charge in [-0.3, -0.25) is 4.79 Å². The molecule has 22 heavy (non-hydrogen) atoms. The molecular formula is C15H18N6O. The molecule has 0 saturated carbocycles. The first kappa shape index (κ1) is 14.2. The number of carbonyl (C=O) groups excluding carboxylic acids is 1. The van der Waals surface area contributed by atoms with Crippen molar-refractivity contribution in [3.8, 4) is 0 Å². The lowest BCUT2D eigenvalue weighted by Gasteiger charge is -2.13. The summed E-state index contributed by atoms with van der Waals surface area (Å²) in [6.45, 7) is 4.58. The van der Waals surface area contributed by atoms with E-state index in [0.29, 0.717) is 12.2 Å². The van der Waals surface area contributed by atoms with Crippen LogP contribution < -0.4 is 5.32 Å². The van der Waals surface area contributed by atoms with Crippen molar-refractivity contribution in [1.29, 1.82) is 0 Å². The molecule has 1 atom stereocenters. The van der Waals surface area contributed by atoms with Crippen LogP contribution in [-0.2, 0) is 13.6 Å². The summed E-state index contributed by atoms with van der Waals surface area (Å²) in [6, 6.07) is 5.36. The van der Waals surface area contributed by atoms with E-state index in [1.165, 1.54) is 6.33 Å². The summed E-state index contributed by atoms with van der Waals surface area (Å²) in [6.07, 6.45) is 3.42. The molecule has 0 bridgehead atoms. The molecule has 114 valence electrons. The first-order valence-corrected chi connectivity index (χ1v) is 7.20. The Kier molecular flexibility index (Phi) is 3.62. The predicted molar refractivity (Wildman–Crippen MR) is 82.3 cm³/mol. The van der Waals surface area contributed by atoms with Gasteiger partial charge in [-0.1, -0.05) is 0 Å². The molecule has 3 heterocycles. The van der Waals surface area contributed by atoms with Gasteiger partial charge in [0.15, 0.2) is 0 Å². The zero-order valence-electron chi connectivity index (χ0n) is 12.8. The first-order chi connectivity index (χ1) is 10.6. The SMILES string of the molecule is CCn1ncnc1C(C)NC(=O)c1ccc2ccn(C)c2n1. The molecule has 0 radical (unpaired) electrons. The van der Waals surface area contributed by atoms with E-state index in [1.807, 2.05) is 43.8 Å². The fourth-order valence-corrected chi connectivity index (χ4v) is 2.45. The third-order valence-corrected chi connectivity index (χ3v) is 3.63. The highest BCUT2D eigenvalue weighted by Gasteiger charge is 2.17. The third-order valence-electron chi connectivity index (χ3n) is 3.63. The Morgan fingerprint density at radius 2 is 2.18 bits per heavy atom. The van der Waals surface area contributed by atoms with Crippen molar-refractivity contribution in [3.63, 3.8) is 0 Å². The zero-order chi connectivity index (χ0) is 15.7. The molecule has 0 fully saturated rings. The Morgan fingerprint density at radius 3 is 2.95 bits per heavy atom. The van der Waals surface area contributed by atoms with Crippen molar-refractivity contribution in [3.05, 3.63) is 42.2 Å². The molecule has 1 amide bonds. The number of aromatic nitrogens is 5. The van der Waals surface area contributed by atoms with Crippen LogP contribution in [-0.4, -0.2) is 30.2 Å². The van der Waals surface area contributed by atoms with Gasteiger partial charge < -0.3 is 9.88 Å². The normalized spacial score (nSPS) is 12.5. The number of rotatable bonds is 4. The predicted octanol–water partition coefficient (Wildman–Crippen LogP) is 1.68. The van der Waals surface area contributed by atoms with Gasteiger partial charge in [-0.05, 0) is 32.0 Å². The number of nitrogens with one attached hydrogen (secondary N) is 1. The van der Waals surface area contributed by atoms with Gasteiger partial charge in [0.05, 0.1) is 6.04 Å². The number of amides is 1. The van der Waals surface area contributed by atoms with Crippen LogP contribution in [0.15, 0.2) is 30.7 Å². The Labute approximate surface area is 128 Å². The first-order valence-electron chi connectivity index (χ1n) is 7.20. The van der Waals surface area contributed by atoms with E-state index in [0.717, 1.165) is 16.9 Å². The van der Waals surface area contributed by atoms with Crippen molar-refractivity contribution in [1.82, 2.24) is 29.6 Å². The lowest BCUT2D eigenvalue weighted by atomic mass is 10.2. The smallest absolute Gasteiger partial charge is 0.270 e. The maximum absolute atomic E-state index is 12.4. The summed E-state index contributed by atoms with van der Waals surface area (Å²) >= 11 is 0. The highest BCUT2D eigenvalue weighted by molar-refractivity contribution is 5.94. The zero-order valence-corrected chi connectivity index (χ0v) is 12.8. The van der Waals surface area contributed by atoms with Crippen molar-refractivity contribution in [2.24, 2.45) is 7.05 Å². The fraction of sp³-hybridized carbons (Fsp3) is 0.333. The number of fused-ring (bicyclic) bond motifs is 1. The molecule has 7 heteroatoms. The summed E-state index contributed by atoms with van der Waals surface area (Å²) in [7, 11) is 1.91. The van der Waals surface area contributed by atoms with Gasteiger partial charge in [0.25, 0.3) is 5.91 Å². The molecule has 0 saturated heterocycles. The lowest BCUT2D eigenvalue weighted by Crippen LogP contribution is -2.29. The van der Waals surface area contributed by atoms with Crippen molar-refractivity contribution in [2.45, 2.75) is 26.4 Å². The molecule has 3 rings (SSSR count). The molecule has 0 aliphatic rings. The second-order valence-corrected chi connectivity index (χ2v) is 5.17. The second kappa shape index (κ2) is 5.59. The second-order valence-electron chi connectivity index (χ2n) is 5.17. The van der Waals surface area contributed by atoms with Gasteiger partial charge in [0, 0.05) is 25.2 Å². The van der Waals surface area contributed by atoms with Crippen LogP contribution in [0.2, 0.25) is 0 Å². The topological polar surface area (TPSA) is 77.6 Å². The lowest BCUT2D eigenvalue weighted by molar-refractivity contribution is 0.0932. The quantitative estimate of drug-likeness (QED) is 0.795. The van der Waals surface area contributed by atoms with Gasteiger partial charge in [-0.25, -0.2) is 14.6 Å². The molecule has 1 unspecified atom stereocenters. The largest absolute Gasteiger partial charge is 0.341 e. The Bertz CT molecular complexity index is 818. The van der Waals surface area contributed by atoms with E-state index in [4.69, 9.17) is 0 Å². The summed E-state index contributed by atoms with van der Waals surface area (Å²) in [4.78, 5) is 21.0. The highest BCUT2D eigenvalue weighted by Crippen LogP contribution is 2.14. The molecule has 1 N–H and O–H groups in total. The molecular weight excluding hydrogens is 280 g/mol. The molecule has 3 aromatic rings. The van der Waals surface area contributed by atoms with E-state index in [9.17, 15) is 4.79 Å². The summed E-state index contributed by atoms with van der Waals surface area (Å²) in [5, 5.41) is 8.04. The number of hydrogen-bond acceptors (Lipinski definition) is 4. The number of carbonyl (C=O) groups is 1. The van der Waals surface area contributed by atoms with E-state index < -0.39 is 0 Å². The van der Waals surface area contributed by atoms with Crippen LogP contribution in [0, 0.1) is 0 Å². The number of nitrogens with zero attached hydrogens (tertiary/aromatic N) is 5. The summed E-state index contributed by atoms with van der Waals surface area (Å²) in [5.41, 5.74) is 1.18. The van der Waals surface area contributed by atoms with Crippen LogP contribution in [0.5, 0.6) is 0 Å². The minimum Gasteiger partial charge on any atom is -0.341 e. The molecule has 0 spiro atoms. The van der Waals surface area contributed by atoms with E-state index in [-0.39, 0.29) is 11.9 Å². The summed E-state index contributed by atoms with van der Waals surface area (Å²) in [5.74, 6) is 0.511. The monoisotopic (exact) mass is 298 g/mol. The Morgan fingerprint density at radius 1 is 1.36 bits per heavy atom. The van der Waals surface area contributed by atoms with Gasteiger partial charge >= 0.3 is 0 Å². The van der Waals surface area contributed by atoms with Gasteiger partial charge in [0.1, 0.15) is 23.5 Å². The van der Waals surface area contributed by atoms with E-state index in [2.05, 4.69) is 20.4 Å². The van der Waals surface area contributed by atoms with Crippen molar-refractivity contribution in [2.75, 3.05) is 0 Å². The van der Waals surface area contributed by atoms with Crippen LogP contribution in [0.25, 0.3) is 11.0 Å². The van der Waals surface area contributed by atoms with Crippen LogP contribution in [0.1, 0.15) is 36.2 Å². The van der Waals surface area contributed by atoms with E-state index in [1.54, 1.807) is 10.7 Å². The fourth-order valence-electron chi connectivity index (χ4n) is 2.45. The number of aryl methyl sites for hydroxylation is 2. The van der Waals surface area contributed by atoms with Crippen molar-refractivity contribution < 1.29 is 4.79 Å². The minimum atomic E-state index is -0.235. The Hall–Kier alpha value is -2.70. The average Bonchev–Trinajstić information content (AvgIpc) is 3.13. The average molecular weight is 298 g/mol. The maximum atomic E-state index is 12.4. The summed E-state index contributed by atoms with van der Waals surface area (Å²) < 4.78 is 3.65. The van der Waals surface area contributed by atoms with Crippen LogP contribution >= 0.6 is 0 Å². The van der Waals surface area contributed by atoms with E-state index >= 15 is 0 Å². The molecule has 0 aliphatic carbocycles. The standard InChI is InChI=1S/C15H18N6O/c1-4-21-13(16-9-17-21)10(2)18-15(22)12-6-5-11-7-8-20(3)14(11)19-12/h5-10H,4H2,1-3H3,(H,18,22). The molecule has 0 aliphatic heterocycles. The van der Waals surface area contributed by atoms with Gasteiger partial charge in [0.2, 0.25) is 0 Å². The van der Waals surface area contributed by atoms with Crippen LogP contribution in [0.3, 0.4) is 0 Å². The van der Waals surface area contributed by atoms with Crippen LogP contribution in [0.4, 0.5) is 0 Å². The van der Waals surface area contributed by atoms with Crippen molar-refractivity contribution >= 4 is 16.9 Å². The van der Waals surface area contributed by atoms with Gasteiger partial charge in [-0.15, -0.1) is 0 Å². The molecule has 0 aromatic carbocycles. The molecule has 7 nitrogen and oxygen atoms in total. The minimum absolute atomic E-state index is 0.221. The number of hydrogen-bond donors (Lipinski definition) is 1. The van der Waals surface area contributed by atoms with Gasteiger partial charge in [-0.2, -0.15) is 5.10 Å². The third kappa shape index (κ3) is 2.45. The number of pyridine rings is 1.